The summed E-state index contributed by atoms with van der Waals surface area (Å²) in [5, 5.41) is 14.1. The molecule has 0 aliphatic rings. The quantitative estimate of drug-likeness (QED) is 0.646. The Balaban J connectivity index is 2.01. The van der Waals surface area contributed by atoms with Gasteiger partial charge in [0.1, 0.15) is 5.76 Å². The molecule has 106 valence electrons. The van der Waals surface area contributed by atoms with E-state index in [0.29, 0.717) is 5.82 Å². The highest BCUT2D eigenvalue weighted by molar-refractivity contribution is 5.56. The van der Waals surface area contributed by atoms with E-state index < -0.39 is 4.92 Å². The lowest BCUT2D eigenvalue weighted by Crippen LogP contribution is -2.18. The van der Waals surface area contributed by atoms with Crippen LogP contribution in [0.3, 0.4) is 0 Å². The van der Waals surface area contributed by atoms with Crippen LogP contribution in [0.15, 0.2) is 34.9 Å². The topological polar surface area (TPSA) is 81.2 Å². The van der Waals surface area contributed by atoms with Crippen LogP contribution in [-0.2, 0) is 6.42 Å². The van der Waals surface area contributed by atoms with E-state index in [1.165, 1.54) is 6.07 Å². The summed E-state index contributed by atoms with van der Waals surface area (Å²) < 4.78 is 5.26. The first kappa shape index (κ1) is 14.0. The second kappa shape index (κ2) is 6.18. The average molecular weight is 275 g/mol. The second-order valence-electron chi connectivity index (χ2n) is 4.74. The third-order valence-corrected chi connectivity index (χ3v) is 3.00. The molecule has 2 aromatic rings. The van der Waals surface area contributed by atoms with E-state index >= 15 is 0 Å². The van der Waals surface area contributed by atoms with Gasteiger partial charge in [-0.1, -0.05) is 0 Å². The largest absolute Gasteiger partial charge is 0.469 e. The lowest BCUT2D eigenvalue weighted by atomic mass is 10.1. The van der Waals surface area contributed by atoms with E-state index in [4.69, 9.17) is 4.42 Å². The lowest BCUT2D eigenvalue weighted by Gasteiger charge is -2.14. The maximum absolute atomic E-state index is 11.0. The molecule has 2 aromatic heterocycles. The van der Waals surface area contributed by atoms with Crippen molar-refractivity contribution in [2.45, 2.75) is 32.7 Å². The highest BCUT2D eigenvalue weighted by Gasteiger charge is 2.17. The summed E-state index contributed by atoms with van der Waals surface area (Å²) in [4.78, 5) is 14.8. The van der Waals surface area contributed by atoms with Crippen LogP contribution in [-0.4, -0.2) is 15.9 Å². The molecule has 1 N–H and O–H groups in total. The van der Waals surface area contributed by atoms with Crippen molar-refractivity contribution in [1.82, 2.24) is 4.98 Å². The number of furan rings is 1. The SMILES string of the molecule is Cc1ccc([N+](=O)[O-])c(NC(C)CCc2ccco2)n1. The second-order valence-corrected chi connectivity index (χ2v) is 4.74. The molecule has 0 radical (unpaired) electrons. The number of aryl methyl sites for hydroxylation is 2. The molecule has 6 heteroatoms. The molecule has 2 heterocycles. The molecule has 6 nitrogen and oxygen atoms in total. The predicted molar refractivity (Wildman–Crippen MR) is 75.7 cm³/mol. The summed E-state index contributed by atoms with van der Waals surface area (Å²) in [5.74, 6) is 1.23. The summed E-state index contributed by atoms with van der Waals surface area (Å²) >= 11 is 0. The molecule has 0 fully saturated rings. The Morgan fingerprint density at radius 2 is 2.25 bits per heavy atom. The molecular weight excluding hydrogens is 258 g/mol. The van der Waals surface area contributed by atoms with Crippen LogP contribution in [0.1, 0.15) is 24.8 Å². The van der Waals surface area contributed by atoms with Gasteiger partial charge in [0.2, 0.25) is 5.82 Å². The molecule has 0 bridgehead atoms. The Morgan fingerprint density at radius 3 is 2.90 bits per heavy atom. The minimum absolute atomic E-state index is 0.000415. The molecule has 0 spiro atoms. The van der Waals surface area contributed by atoms with Gasteiger partial charge in [-0.25, -0.2) is 4.98 Å². The Hall–Kier alpha value is -2.37. The summed E-state index contributed by atoms with van der Waals surface area (Å²) in [6.07, 6.45) is 3.22. The maximum atomic E-state index is 11.0. The minimum atomic E-state index is -0.423. The number of anilines is 1. The lowest BCUT2D eigenvalue weighted by molar-refractivity contribution is -0.384. The molecule has 0 saturated carbocycles. The van der Waals surface area contributed by atoms with Crippen LogP contribution < -0.4 is 5.32 Å². The van der Waals surface area contributed by atoms with Crippen molar-refractivity contribution < 1.29 is 9.34 Å². The van der Waals surface area contributed by atoms with Gasteiger partial charge >= 0.3 is 5.69 Å². The summed E-state index contributed by atoms with van der Waals surface area (Å²) in [5.41, 5.74) is 0.747. The molecule has 20 heavy (non-hydrogen) atoms. The van der Waals surface area contributed by atoms with Crippen LogP contribution in [0.2, 0.25) is 0 Å². The molecule has 1 unspecified atom stereocenters. The predicted octanol–water partition coefficient (Wildman–Crippen LogP) is 3.32. The summed E-state index contributed by atoms with van der Waals surface area (Å²) in [7, 11) is 0. The van der Waals surface area contributed by atoms with Crippen LogP contribution in [0.5, 0.6) is 0 Å². The van der Waals surface area contributed by atoms with Crippen LogP contribution >= 0.6 is 0 Å². The third kappa shape index (κ3) is 3.57. The molecule has 0 aliphatic heterocycles. The fourth-order valence-electron chi connectivity index (χ4n) is 1.92. The molecular formula is C14H17N3O3. The Morgan fingerprint density at radius 1 is 1.45 bits per heavy atom. The maximum Gasteiger partial charge on any atom is 0.311 e. The van der Waals surface area contributed by atoms with E-state index in [1.54, 1.807) is 12.3 Å². The number of nitrogens with one attached hydrogen (secondary N) is 1. The number of pyridine rings is 1. The molecule has 0 aromatic carbocycles. The molecule has 2 rings (SSSR count). The third-order valence-electron chi connectivity index (χ3n) is 3.00. The molecule has 1 atom stereocenters. The van der Waals surface area contributed by atoms with Crippen LogP contribution in [0.25, 0.3) is 0 Å². The van der Waals surface area contributed by atoms with Crippen molar-refractivity contribution in [2.24, 2.45) is 0 Å². The molecule has 0 saturated heterocycles. The van der Waals surface area contributed by atoms with Gasteiger partial charge < -0.3 is 9.73 Å². The highest BCUT2D eigenvalue weighted by atomic mass is 16.6. The smallest absolute Gasteiger partial charge is 0.311 e. The van der Waals surface area contributed by atoms with Gasteiger partial charge in [-0.2, -0.15) is 0 Å². The molecule has 0 amide bonds. The van der Waals surface area contributed by atoms with Crippen molar-refractivity contribution in [3.8, 4) is 0 Å². The highest BCUT2D eigenvalue weighted by Crippen LogP contribution is 2.23. The van der Waals surface area contributed by atoms with Gasteiger partial charge in [-0.15, -0.1) is 0 Å². The van der Waals surface area contributed by atoms with Gasteiger partial charge in [-0.3, -0.25) is 10.1 Å². The standard InChI is InChI=1S/C14H17N3O3/c1-10(5-7-12-4-3-9-20-12)15-14-13(17(18)19)8-6-11(2)16-14/h3-4,6,8-10H,5,7H2,1-2H3,(H,15,16). The first-order valence-electron chi connectivity index (χ1n) is 6.47. The average Bonchev–Trinajstić information content (AvgIpc) is 2.89. The van der Waals surface area contributed by atoms with E-state index in [2.05, 4.69) is 10.3 Å². The monoisotopic (exact) mass is 275 g/mol. The summed E-state index contributed by atoms with van der Waals surface area (Å²) in [6, 6.07) is 6.94. The number of nitrogens with zero attached hydrogens (tertiary/aromatic N) is 2. The fraction of sp³-hybridized carbons (Fsp3) is 0.357. The Labute approximate surface area is 117 Å². The molecule has 0 aliphatic carbocycles. The van der Waals surface area contributed by atoms with Gasteiger partial charge in [0.25, 0.3) is 0 Å². The number of nitro groups is 1. The number of hydrogen-bond acceptors (Lipinski definition) is 5. The van der Waals surface area contributed by atoms with Crippen molar-refractivity contribution >= 4 is 11.5 Å². The van der Waals surface area contributed by atoms with Gasteiger partial charge in [0.15, 0.2) is 0 Å². The first-order chi connectivity index (χ1) is 9.56. The van der Waals surface area contributed by atoms with E-state index in [9.17, 15) is 10.1 Å². The van der Waals surface area contributed by atoms with Gasteiger partial charge in [0.05, 0.1) is 11.2 Å². The van der Waals surface area contributed by atoms with Crippen molar-refractivity contribution in [1.29, 1.82) is 0 Å². The van der Waals surface area contributed by atoms with Crippen molar-refractivity contribution in [3.05, 3.63) is 52.1 Å². The van der Waals surface area contributed by atoms with E-state index in [1.807, 2.05) is 26.0 Å². The number of aromatic nitrogens is 1. The number of rotatable bonds is 6. The zero-order valence-corrected chi connectivity index (χ0v) is 11.5. The Bertz CT molecular complexity index is 581. The van der Waals surface area contributed by atoms with Crippen LogP contribution in [0, 0.1) is 17.0 Å². The first-order valence-corrected chi connectivity index (χ1v) is 6.47. The zero-order chi connectivity index (χ0) is 14.5. The van der Waals surface area contributed by atoms with E-state index in [-0.39, 0.29) is 11.7 Å². The van der Waals surface area contributed by atoms with Crippen molar-refractivity contribution in [2.75, 3.05) is 5.32 Å². The van der Waals surface area contributed by atoms with Gasteiger partial charge in [0, 0.05) is 24.2 Å². The summed E-state index contributed by atoms with van der Waals surface area (Å²) in [6.45, 7) is 3.78. The number of hydrogen-bond donors (Lipinski definition) is 1. The normalized spacial score (nSPS) is 12.1. The van der Waals surface area contributed by atoms with Gasteiger partial charge in [-0.05, 0) is 38.5 Å². The Kier molecular flexibility index (Phi) is 4.34. The van der Waals surface area contributed by atoms with Crippen LogP contribution in [0.4, 0.5) is 11.5 Å². The van der Waals surface area contributed by atoms with Crippen molar-refractivity contribution in [3.63, 3.8) is 0 Å². The minimum Gasteiger partial charge on any atom is -0.469 e. The zero-order valence-electron chi connectivity index (χ0n) is 11.5. The van der Waals surface area contributed by atoms with E-state index in [0.717, 1.165) is 24.3 Å². The fourth-order valence-corrected chi connectivity index (χ4v) is 1.92.